The molecule has 6 heteroatoms. The van der Waals surface area contributed by atoms with E-state index in [1.165, 1.54) is 0 Å². The molecule has 1 saturated heterocycles. The molecule has 0 saturated carbocycles. The van der Waals surface area contributed by atoms with E-state index in [4.69, 9.17) is 9.47 Å². The quantitative estimate of drug-likeness (QED) is 0.912. The van der Waals surface area contributed by atoms with Gasteiger partial charge in [-0.3, -0.25) is 4.79 Å². The van der Waals surface area contributed by atoms with Gasteiger partial charge in [0.2, 0.25) is 5.91 Å². The Labute approximate surface area is 143 Å². The summed E-state index contributed by atoms with van der Waals surface area (Å²) in [5.41, 5.74) is 1.07. The average Bonchev–Trinajstić information content (AvgIpc) is 2.54. The van der Waals surface area contributed by atoms with Gasteiger partial charge in [0.1, 0.15) is 18.1 Å². The standard InChI is InChI=1S/C17H24N2O3.ClH/c1-3-21-15-4-5-16-13(9-15)8-14(11-22-16)17(20)19-7-6-18-10-12(19)2;/h4-5,9,12,14,18H,3,6-8,10-11H2,1-2H3;1H/t12-,14?;/m0./s1. The maximum absolute atomic E-state index is 12.8. The predicted octanol–water partition coefficient (Wildman–Crippen LogP) is 1.88. The molecule has 1 N–H and O–H groups in total. The molecule has 0 radical (unpaired) electrons. The largest absolute Gasteiger partial charge is 0.494 e. The van der Waals surface area contributed by atoms with Crippen LogP contribution in [-0.2, 0) is 11.2 Å². The van der Waals surface area contributed by atoms with Gasteiger partial charge in [0.05, 0.1) is 12.5 Å². The van der Waals surface area contributed by atoms with Crippen LogP contribution in [0.2, 0.25) is 0 Å². The van der Waals surface area contributed by atoms with Crippen LogP contribution in [0.4, 0.5) is 0 Å². The molecule has 1 aromatic rings. The molecule has 0 aliphatic carbocycles. The number of benzene rings is 1. The summed E-state index contributed by atoms with van der Waals surface area (Å²) in [6, 6.07) is 6.11. The van der Waals surface area contributed by atoms with E-state index in [9.17, 15) is 4.79 Å². The van der Waals surface area contributed by atoms with Gasteiger partial charge >= 0.3 is 0 Å². The highest BCUT2D eigenvalue weighted by atomic mass is 35.5. The third-order valence-corrected chi connectivity index (χ3v) is 4.38. The van der Waals surface area contributed by atoms with Crippen LogP contribution >= 0.6 is 12.4 Å². The Morgan fingerprint density at radius 2 is 2.30 bits per heavy atom. The van der Waals surface area contributed by atoms with E-state index < -0.39 is 0 Å². The summed E-state index contributed by atoms with van der Waals surface area (Å²) in [5.74, 6) is 1.83. The first-order valence-corrected chi connectivity index (χ1v) is 8.08. The summed E-state index contributed by atoms with van der Waals surface area (Å²) >= 11 is 0. The molecule has 1 unspecified atom stereocenters. The van der Waals surface area contributed by atoms with Crippen molar-refractivity contribution in [1.29, 1.82) is 0 Å². The lowest BCUT2D eigenvalue weighted by Gasteiger charge is -2.37. The predicted molar refractivity (Wildman–Crippen MR) is 91.6 cm³/mol. The van der Waals surface area contributed by atoms with Gasteiger partial charge in [-0.05, 0) is 44.0 Å². The number of fused-ring (bicyclic) bond motifs is 1. The minimum atomic E-state index is -0.0927. The second-order valence-electron chi connectivity index (χ2n) is 6.00. The maximum Gasteiger partial charge on any atom is 0.229 e. The molecule has 0 aromatic heterocycles. The molecule has 1 aromatic carbocycles. The Hall–Kier alpha value is -1.46. The third-order valence-electron chi connectivity index (χ3n) is 4.38. The lowest BCUT2D eigenvalue weighted by atomic mass is 9.94. The maximum atomic E-state index is 12.8. The molecule has 1 amide bonds. The normalized spacial score (nSPS) is 23.3. The van der Waals surface area contributed by atoms with Gasteiger partial charge < -0.3 is 19.7 Å². The number of hydrogen-bond acceptors (Lipinski definition) is 4. The van der Waals surface area contributed by atoms with Crippen molar-refractivity contribution in [1.82, 2.24) is 10.2 Å². The molecule has 1 fully saturated rings. The number of nitrogens with zero attached hydrogens (tertiary/aromatic N) is 1. The van der Waals surface area contributed by atoms with Crippen LogP contribution < -0.4 is 14.8 Å². The smallest absolute Gasteiger partial charge is 0.229 e. The van der Waals surface area contributed by atoms with Crippen molar-refractivity contribution in [2.24, 2.45) is 5.92 Å². The Kier molecular flexibility index (Phi) is 6.13. The van der Waals surface area contributed by atoms with Crippen LogP contribution in [0, 0.1) is 5.92 Å². The van der Waals surface area contributed by atoms with E-state index in [2.05, 4.69) is 12.2 Å². The van der Waals surface area contributed by atoms with Crippen LogP contribution in [0.3, 0.4) is 0 Å². The first-order valence-electron chi connectivity index (χ1n) is 8.08. The third kappa shape index (κ3) is 3.90. The topological polar surface area (TPSA) is 50.8 Å². The van der Waals surface area contributed by atoms with E-state index in [1.807, 2.05) is 30.0 Å². The van der Waals surface area contributed by atoms with Crippen molar-refractivity contribution in [3.8, 4) is 11.5 Å². The monoisotopic (exact) mass is 340 g/mol. The molecule has 23 heavy (non-hydrogen) atoms. The summed E-state index contributed by atoms with van der Waals surface area (Å²) in [7, 11) is 0. The van der Waals surface area contributed by atoms with Gasteiger partial charge in [-0.15, -0.1) is 12.4 Å². The molecule has 0 bridgehead atoms. The Balaban J connectivity index is 0.00000192. The van der Waals surface area contributed by atoms with Crippen molar-refractivity contribution >= 4 is 18.3 Å². The SMILES string of the molecule is CCOc1ccc2c(c1)CC(C(=O)N1CCNC[C@@H]1C)CO2.Cl. The van der Waals surface area contributed by atoms with Crippen molar-refractivity contribution in [3.63, 3.8) is 0 Å². The Morgan fingerprint density at radius 3 is 3.04 bits per heavy atom. The Morgan fingerprint density at radius 1 is 1.48 bits per heavy atom. The van der Waals surface area contributed by atoms with Gasteiger partial charge in [-0.2, -0.15) is 0 Å². The van der Waals surface area contributed by atoms with Crippen molar-refractivity contribution in [3.05, 3.63) is 23.8 Å². The van der Waals surface area contributed by atoms with Gasteiger partial charge in [0.15, 0.2) is 0 Å². The number of ether oxygens (including phenoxy) is 2. The number of rotatable bonds is 3. The fourth-order valence-corrected chi connectivity index (χ4v) is 3.19. The van der Waals surface area contributed by atoms with Gasteiger partial charge in [-0.25, -0.2) is 0 Å². The first-order chi connectivity index (χ1) is 10.7. The van der Waals surface area contributed by atoms with Gasteiger partial charge in [0.25, 0.3) is 0 Å². The number of carbonyl (C=O) groups is 1. The molecule has 0 spiro atoms. The van der Waals surface area contributed by atoms with E-state index in [0.717, 1.165) is 43.1 Å². The zero-order valence-electron chi connectivity index (χ0n) is 13.7. The summed E-state index contributed by atoms with van der Waals surface area (Å²) in [4.78, 5) is 14.8. The molecule has 128 valence electrons. The van der Waals surface area contributed by atoms with Crippen LogP contribution in [0.1, 0.15) is 19.4 Å². The second-order valence-corrected chi connectivity index (χ2v) is 6.00. The minimum Gasteiger partial charge on any atom is -0.494 e. The number of amides is 1. The van der Waals surface area contributed by atoms with E-state index >= 15 is 0 Å². The minimum absolute atomic E-state index is 0. The zero-order chi connectivity index (χ0) is 15.5. The van der Waals surface area contributed by atoms with E-state index in [-0.39, 0.29) is 30.3 Å². The fraction of sp³-hybridized carbons (Fsp3) is 0.588. The number of carbonyl (C=O) groups excluding carboxylic acids is 1. The Bertz CT molecular complexity index is 553. The molecule has 2 heterocycles. The number of halogens is 1. The average molecular weight is 341 g/mol. The number of nitrogens with one attached hydrogen (secondary N) is 1. The van der Waals surface area contributed by atoms with Gasteiger partial charge in [-0.1, -0.05) is 0 Å². The van der Waals surface area contributed by atoms with Crippen molar-refractivity contribution in [2.45, 2.75) is 26.3 Å². The summed E-state index contributed by atoms with van der Waals surface area (Å²) in [5, 5.41) is 3.32. The van der Waals surface area contributed by atoms with Crippen molar-refractivity contribution in [2.75, 3.05) is 32.8 Å². The van der Waals surface area contributed by atoms with Crippen LogP contribution in [0.5, 0.6) is 11.5 Å². The molecule has 2 aliphatic heterocycles. The van der Waals surface area contributed by atoms with E-state index in [0.29, 0.717) is 13.2 Å². The number of hydrogen-bond donors (Lipinski definition) is 1. The summed E-state index contributed by atoms with van der Waals surface area (Å²) in [6.07, 6.45) is 0.728. The fourth-order valence-electron chi connectivity index (χ4n) is 3.19. The van der Waals surface area contributed by atoms with Crippen LogP contribution in [0.25, 0.3) is 0 Å². The van der Waals surface area contributed by atoms with Crippen LogP contribution in [-0.4, -0.2) is 49.7 Å². The van der Waals surface area contributed by atoms with Crippen molar-refractivity contribution < 1.29 is 14.3 Å². The molecule has 5 nitrogen and oxygen atoms in total. The van der Waals surface area contributed by atoms with Crippen LogP contribution in [0.15, 0.2) is 18.2 Å². The van der Waals surface area contributed by atoms with E-state index in [1.54, 1.807) is 0 Å². The summed E-state index contributed by atoms with van der Waals surface area (Å²) in [6.45, 7) is 7.68. The summed E-state index contributed by atoms with van der Waals surface area (Å²) < 4.78 is 11.3. The highest BCUT2D eigenvalue weighted by Gasteiger charge is 2.32. The molecule has 2 aliphatic rings. The molecular formula is C17H25ClN2O3. The lowest BCUT2D eigenvalue weighted by Crippen LogP contribution is -2.54. The second kappa shape index (κ2) is 7.88. The first kappa shape index (κ1) is 17.9. The van der Waals surface area contributed by atoms with Gasteiger partial charge in [0, 0.05) is 25.7 Å². The molecule has 3 rings (SSSR count). The zero-order valence-corrected chi connectivity index (χ0v) is 14.5. The molecular weight excluding hydrogens is 316 g/mol. The molecule has 2 atom stereocenters. The number of piperazine rings is 1. The highest BCUT2D eigenvalue weighted by Crippen LogP contribution is 2.31. The lowest BCUT2D eigenvalue weighted by molar-refractivity contribution is -0.139. The highest BCUT2D eigenvalue weighted by molar-refractivity contribution is 5.85.